The van der Waals surface area contributed by atoms with Crippen LogP contribution in [0.1, 0.15) is 50.7 Å². The highest BCUT2D eigenvalue weighted by atomic mass is 14.2. The first-order valence-electron chi connectivity index (χ1n) is 15.2. The van der Waals surface area contributed by atoms with Crippen LogP contribution in [0.2, 0.25) is 0 Å². The lowest BCUT2D eigenvalue weighted by atomic mass is 9.83. The zero-order valence-corrected chi connectivity index (χ0v) is 24.7. The van der Waals surface area contributed by atoms with Crippen LogP contribution in [0.4, 0.5) is 0 Å². The maximum atomic E-state index is 2.46. The molecule has 0 heteroatoms. The summed E-state index contributed by atoms with van der Waals surface area (Å²) >= 11 is 0. The predicted molar refractivity (Wildman–Crippen MR) is 184 cm³/mol. The average Bonchev–Trinajstić information content (AvgIpc) is 3.02. The van der Waals surface area contributed by atoms with Gasteiger partial charge in [0.25, 0.3) is 0 Å². The fraction of sp³-hybridized carbons (Fsp3) is 0.143. The summed E-state index contributed by atoms with van der Waals surface area (Å²) in [5.74, 6) is 0.918. The first-order chi connectivity index (χ1) is 20.5. The van der Waals surface area contributed by atoms with Crippen molar-refractivity contribution in [3.05, 3.63) is 132 Å². The Balaban J connectivity index is 1.32. The molecule has 0 aliphatic carbocycles. The highest BCUT2D eigenvalue weighted by Crippen LogP contribution is 2.44. The Morgan fingerprint density at radius 3 is 1.57 bits per heavy atom. The van der Waals surface area contributed by atoms with E-state index >= 15 is 0 Å². The molecule has 0 N–H and O–H groups in total. The quantitative estimate of drug-likeness (QED) is 0.195. The van der Waals surface area contributed by atoms with Gasteiger partial charge in [0, 0.05) is 0 Å². The molecule has 0 aliphatic rings. The predicted octanol–water partition coefficient (Wildman–Crippen LogP) is 12.5. The molecule has 0 fully saturated rings. The molecule has 0 radical (unpaired) electrons. The Labute approximate surface area is 247 Å². The third-order valence-electron chi connectivity index (χ3n) is 9.33. The minimum Gasteiger partial charge on any atom is -0.0616 e. The van der Waals surface area contributed by atoms with Crippen LogP contribution in [0.25, 0.3) is 76.1 Å². The van der Waals surface area contributed by atoms with Crippen molar-refractivity contribution in [3.8, 4) is 22.3 Å². The third-order valence-corrected chi connectivity index (χ3v) is 9.33. The molecular weight excluding hydrogens is 504 g/mol. The minimum absolute atomic E-state index is 0.433. The van der Waals surface area contributed by atoms with Gasteiger partial charge in [-0.3, -0.25) is 0 Å². The summed E-state index contributed by atoms with van der Waals surface area (Å²) in [6.45, 7) is 9.25. The van der Waals surface area contributed by atoms with Crippen molar-refractivity contribution in [2.75, 3.05) is 0 Å². The third kappa shape index (κ3) is 3.82. The van der Waals surface area contributed by atoms with Gasteiger partial charge in [0.15, 0.2) is 0 Å². The van der Waals surface area contributed by atoms with Gasteiger partial charge in [-0.15, -0.1) is 0 Å². The second kappa shape index (κ2) is 9.43. The Morgan fingerprint density at radius 1 is 0.357 bits per heavy atom. The zero-order chi connectivity index (χ0) is 28.5. The van der Waals surface area contributed by atoms with E-state index in [-0.39, 0.29) is 0 Å². The van der Waals surface area contributed by atoms with Gasteiger partial charge in [-0.2, -0.15) is 0 Å². The van der Waals surface area contributed by atoms with Crippen molar-refractivity contribution >= 4 is 53.9 Å². The van der Waals surface area contributed by atoms with Gasteiger partial charge in [0.2, 0.25) is 0 Å². The van der Waals surface area contributed by atoms with Crippen molar-refractivity contribution < 1.29 is 0 Å². The topological polar surface area (TPSA) is 0 Å². The van der Waals surface area contributed by atoms with E-state index in [0.717, 1.165) is 0 Å². The fourth-order valence-corrected chi connectivity index (χ4v) is 7.13. The summed E-state index contributed by atoms with van der Waals surface area (Å²) in [4.78, 5) is 0. The van der Waals surface area contributed by atoms with Crippen molar-refractivity contribution in [1.29, 1.82) is 0 Å². The van der Waals surface area contributed by atoms with Gasteiger partial charge in [-0.1, -0.05) is 125 Å². The summed E-state index contributed by atoms with van der Waals surface area (Å²) in [6, 6.07) is 45.8. The second-order valence-corrected chi connectivity index (χ2v) is 12.6. The van der Waals surface area contributed by atoms with E-state index in [1.54, 1.807) is 0 Å². The molecule has 0 unspecified atom stereocenters. The molecule has 0 aromatic heterocycles. The maximum absolute atomic E-state index is 2.46. The Kier molecular flexibility index (Phi) is 5.63. The molecule has 0 saturated carbocycles. The van der Waals surface area contributed by atoms with Crippen LogP contribution in [-0.4, -0.2) is 0 Å². The molecule has 0 aliphatic heterocycles. The van der Waals surface area contributed by atoms with Crippen LogP contribution in [0, 0.1) is 0 Å². The van der Waals surface area contributed by atoms with Gasteiger partial charge in [-0.05, 0) is 123 Å². The lowest BCUT2D eigenvalue weighted by molar-refractivity contribution is 0.876. The van der Waals surface area contributed by atoms with Gasteiger partial charge < -0.3 is 0 Å². The van der Waals surface area contributed by atoms with Gasteiger partial charge in [0.1, 0.15) is 0 Å². The molecule has 42 heavy (non-hydrogen) atoms. The molecule has 0 saturated heterocycles. The number of fused-ring (bicyclic) bond motifs is 2. The molecule has 0 spiro atoms. The van der Waals surface area contributed by atoms with Crippen molar-refractivity contribution in [2.45, 2.75) is 39.5 Å². The highest BCUT2D eigenvalue weighted by Gasteiger charge is 2.19. The maximum Gasteiger partial charge on any atom is -0.00176 e. The first kappa shape index (κ1) is 25.1. The molecule has 0 nitrogen and oxygen atoms in total. The number of rotatable bonds is 4. The molecule has 0 heterocycles. The molecule has 0 bridgehead atoms. The number of benzene rings is 8. The van der Waals surface area contributed by atoms with Crippen LogP contribution in [0.5, 0.6) is 0 Å². The molecule has 0 atom stereocenters. The minimum atomic E-state index is 0.433. The monoisotopic (exact) mass is 538 g/mol. The standard InChI is InChI=1S/C42H34/c1-25(2)35-17-15-28-16-18-37-39(26(3)4)24-40(38-20-19-36(35)41(28)42(37)38)34-14-13-32-22-31(11-12-33(32)23-34)30-10-9-27-7-5-6-8-29(27)21-30/h5-26H,1-4H3. The van der Waals surface area contributed by atoms with E-state index < -0.39 is 0 Å². The number of hydrogen-bond acceptors (Lipinski definition) is 0. The van der Waals surface area contributed by atoms with Crippen molar-refractivity contribution in [3.63, 3.8) is 0 Å². The largest absolute Gasteiger partial charge is 0.0616 e. The Bertz CT molecular complexity index is 2300. The molecular formula is C42H34. The Morgan fingerprint density at radius 2 is 0.857 bits per heavy atom. The van der Waals surface area contributed by atoms with Gasteiger partial charge >= 0.3 is 0 Å². The van der Waals surface area contributed by atoms with E-state index in [9.17, 15) is 0 Å². The van der Waals surface area contributed by atoms with Crippen LogP contribution >= 0.6 is 0 Å². The van der Waals surface area contributed by atoms with E-state index in [2.05, 4.69) is 149 Å². The summed E-state index contributed by atoms with van der Waals surface area (Å²) in [5.41, 5.74) is 7.98. The van der Waals surface area contributed by atoms with Crippen molar-refractivity contribution in [2.24, 2.45) is 0 Å². The van der Waals surface area contributed by atoms with Crippen LogP contribution in [-0.2, 0) is 0 Å². The van der Waals surface area contributed by atoms with Crippen LogP contribution in [0.15, 0.2) is 121 Å². The molecule has 0 amide bonds. The lowest BCUT2D eigenvalue weighted by Gasteiger charge is -2.21. The van der Waals surface area contributed by atoms with E-state index in [0.29, 0.717) is 11.8 Å². The molecule has 202 valence electrons. The van der Waals surface area contributed by atoms with E-state index in [4.69, 9.17) is 0 Å². The molecule has 8 rings (SSSR count). The van der Waals surface area contributed by atoms with Crippen LogP contribution < -0.4 is 0 Å². The zero-order valence-electron chi connectivity index (χ0n) is 24.7. The van der Waals surface area contributed by atoms with E-state index in [1.165, 1.54) is 87.2 Å². The summed E-state index contributed by atoms with van der Waals surface area (Å²) in [7, 11) is 0. The summed E-state index contributed by atoms with van der Waals surface area (Å²) < 4.78 is 0. The number of hydrogen-bond donors (Lipinski definition) is 0. The molecule has 8 aromatic rings. The van der Waals surface area contributed by atoms with Gasteiger partial charge in [-0.25, -0.2) is 0 Å². The fourth-order valence-electron chi connectivity index (χ4n) is 7.13. The lowest BCUT2D eigenvalue weighted by Crippen LogP contribution is -1.97. The first-order valence-corrected chi connectivity index (χ1v) is 15.2. The highest BCUT2D eigenvalue weighted by molar-refractivity contribution is 6.27. The summed E-state index contributed by atoms with van der Waals surface area (Å²) in [5, 5.41) is 13.4. The van der Waals surface area contributed by atoms with E-state index in [1.807, 2.05) is 0 Å². The van der Waals surface area contributed by atoms with Gasteiger partial charge in [0.05, 0.1) is 0 Å². The smallest absolute Gasteiger partial charge is 0.00176 e. The van der Waals surface area contributed by atoms with Crippen LogP contribution in [0.3, 0.4) is 0 Å². The normalized spacial score (nSPS) is 12.2. The second-order valence-electron chi connectivity index (χ2n) is 12.6. The Hall–Kier alpha value is -4.68. The SMILES string of the molecule is CC(C)c1ccc2ccc3c(C(C)C)cc(-c4ccc5cc(-c6ccc7ccccc7c6)ccc5c4)c4ccc1c2c43. The average molecular weight is 539 g/mol. The van der Waals surface area contributed by atoms with Crippen molar-refractivity contribution in [1.82, 2.24) is 0 Å². The molecule has 8 aromatic carbocycles. The summed E-state index contributed by atoms with van der Waals surface area (Å²) in [6.07, 6.45) is 0.